The van der Waals surface area contributed by atoms with E-state index in [0.29, 0.717) is 12.8 Å². The summed E-state index contributed by atoms with van der Waals surface area (Å²) in [4.78, 5) is 22.3. The van der Waals surface area contributed by atoms with Crippen molar-refractivity contribution in [2.24, 2.45) is 0 Å². The SMILES string of the molecule is COC1CC(NC(=O)CNS(=O)(=O)c2ccc(C(=O)O)cc2)C1. The standard InChI is InChI=1S/C14H18N2O6S/c1-22-11-6-10(7-11)16-13(17)8-15-23(20,21)12-4-2-9(3-5-12)14(18)19/h2-5,10-11,15H,6-8H2,1H3,(H,16,17)(H,18,19). The van der Waals surface area contributed by atoms with Gasteiger partial charge in [0.25, 0.3) is 0 Å². The minimum Gasteiger partial charge on any atom is -0.478 e. The molecule has 0 aromatic heterocycles. The maximum absolute atomic E-state index is 12.0. The fourth-order valence-electron chi connectivity index (χ4n) is 2.18. The first-order chi connectivity index (χ1) is 10.8. The summed E-state index contributed by atoms with van der Waals surface area (Å²) in [7, 11) is -2.26. The normalized spacial score (nSPS) is 20.6. The molecule has 2 rings (SSSR count). The number of carboxylic acids is 1. The van der Waals surface area contributed by atoms with Crippen LogP contribution in [0.2, 0.25) is 0 Å². The Bertz CT molecular complexity index is 680. The smallest absolute Gasteiger partial charge is 0.335 e. The van der Waals surface area contributed by atoms with Gasteiger partial charge in [0.05, 0.1) is 23.1 Å². The Morgan fingerprint density at radius 1 is 1.26 bits per heavy atom. The van der Waals surface area contributed by atoms with E-state index < -0.39 is 21.9 Å². The molecule has 126 valence electrons. The fraction of sp³-hybridized carbons (Fsp3) is 0.429. The summed E-state index contributed by atoms with van der Waals surface area (Å²) in [5, 5.41) is 11.5. The molecule has 1 amide bonds. The first-order valence-corrected chi connectivity index (χ1v) is 8.45. The third-order valence-corrected chi connectivity index (χ3v) is 5.04. The lowest BCUT2D eigenvalue weighted by molar-refractivity contribution is -0.122. The Labute approximate surface area is 133 Å². The summed E-state index contributed by atoms with van der Waals surface area (Å²) in [6, 6.07) is 4.75. The van der Waals surface area contributed by atoms with Crippen LogP contribution >= 0.6 is 0 Å². The summed E-state index contributed by atoms with van der Waals surface area (Å²) < 4.78 is 31.3. The highest BCUT2D eigenvalue weighted by Gasteiger charge is 2.30. The summed E-state index contributed by atoms with van der Waals surface area (Å²) in [5.74, 6) is -1.56. The molecule has 8 nitrogen and oxygen atoms in total. The van der Waals surface area contributed by atoms with Crippen molar-refractivity contribution < 1.29 is 27.9 Å². The quantitative estimate of drug-likeness (QED) is 0.639. The highest BCUT2D eigenvalue weighted by Crippen LogP contribution is 2.22. The van der Waals surface area contributed by atoms with Gasteiger partial charge >= 0.3 is 5.97 Å². The molecule has 0 aliphatic heterocycles. The van der Waals surface area contributed by atoms with Crippen molar-refractivity contribution in [1.82, 2.24) is 10.0 Å². The molecule has 3 N–H and O–H groups in total. The summed E-state index contributed by atoms with van der Waals surface area (Å²) in [6.45, 7) is -0.378. The van der Waals surface area contributed by atoms with Gasteiger partial charge in [-0.25, -0.2) is 17.9 Å². The van der Waals surface area contributed by atoms with Gasteiger partial charge in [-0.05, 0) is 37.1 Å². The topological polar surface area (TPSA) is 122 Å². The minimum atomic E-state index is -3.87. The first kappa shape index (κ1) is 17.4. The number of aromatic carboxylic acids is 1. The Hall–Kier alpha value is -1.97. The van der Waals surface area contributed by atoms with Crippen LogP contribution in [0.5, 0.6) is 0 Å². The number of rotatable bonds is 7. The van der Waals surface area contributed by atoms with E-state index in [1.807, 2.05) is 0 Å². The molecule has 1 aliphatic carbocycles. The Kier molecular flexibility index (Phi) is 5.34. The van der Waals surface area contributed by atoms with E-state index in [9.17, 15) is 18.0 Å². The number of nitrogens with one attached hydrogen (secondary N) is 2. The molecule has 0 heterocycles. The number of carboxylic acid groups (broad SMARTS) is 1. The van der Waals surface area contributed by atoms with Gasteiger partial charge in [0.1, 0.15) is 0 Å². The average Bonchev–Trinajstić information content (AvgIpc) is 2.48. The van der Waals surface area contributed by atoms with Crippen LogP contribution in [0.25, 0.3) is 0 Å². The van der Waals surface area contributed by atoms with Crippen molar-refractivity contribution in [3.05, 3.63) is 29.8 Å². The maximum atomic E-state index is 12.0. The second-order valence-corrected chi connectivity index (χ2v) is 7.01. The van der Waals surface area contributed by atoms with E-state index in [-0.39, 0.29) is 29.1 Å². The summed E-state index contributed by atoms with van der Waals surface area (Å²) >= 11 is 0. The number of hydrogen-bond donors (Lipinski definition) is 3. The zero-order valence-electron chi connectivity index (χ0n) is 12.5. The Balaban J connectivity index is 1.86. The molecular weight excluding hydrogens is 324 g/mol. The van der Waals surface area contributed by atoms with E-state index in [2.05, 4.69) is 10.0 Å². The lowest BCUT2D eigenvalue weighted by Crippen LogP contribution is -2.50. The molecule has 1 aromatic rings. The van der Waals surface area contributed by atoms with Crippen molar-refractivity contribution >= 4 is 21.9 Å². The molecule has 0 bridgehead atoms. The number of carbonyl (C=O) groups excluding carboxylic acids is 1. The van der Waals surface area contributed by atoms with Gasteiger partial charge < -0.3 is 15.2 Å². The van der Waals surface area contributed by atoms with Gasteiger partial charge in [-0.15, -0.1) is 0 Å². The number of sulfonamides is 1. The molecule has 0 saturated heterocycles. The maximum Gasteiger partial charge on any atom is 0.335 e. The molecule has 23 heavy (non-hydrogen) atoms. The lowest BCUT2D eigenvalue weighted by Gasteiger charge is -2.34. The van der Waals surface area contributed by atoms with Gasteiger partial charge in [0.15, 0.2) is 0 Å². The third kappa shape index (κ3) is 4.50. The van der Waals surface area contributed by atoms with E-state index in [0.717, 1.165) is 0 Å². The second-order valence-electron chi connectivity index (χ2n) is 5.25. The van der Waals surface area contributed by atoms with Gasteiger partial charge in [0, 0.05) is 13.2 Å². The van der Waals surface area contributed by atoms with Crippen LogP contribution in [-0.4, -0.2) is 51.2 Å². The lowest BCUT2D eigenvalue weighted by atomic mass is 9.89. The van der Waals surface area contributed by atoms with Gasteiger partial charge in [-0.1, -0.05) is 0 Å². The molecule has 9 heteroatoms. The third-order valence-electron chi connectivity index (χ3n) is 3.63. The van der Waals surface area contributed by atoms with E-state index in [1.165, 1.54) is 24.3 Å². The summed E-state index contributed by atoms with van der Waals surface area (Å²) in [5.41, 5.74) is -0.0145. The molecular formula is C14H18N2O6S. The molecule has 1 aliphatic rings. The van der Waals surface area contributed by atoms with E-state index in [1.54, 1.807) is 7.11 Å². The van der Waals surface area contributed by atoms with E-state index >= 15 is 0 Å². The number of ether oxygens (including phenoxy) is 1. The van der Waals surface area contributed by atoms with Crippen LogP contribution in [0.4, 0.5) is 0 Å². The molecule has 1 aromatic carbocycles. The predicted molar refractivity (Wildman–Crippen MR) is 80.6 cm³/mol. The fourth-order valence-corrected chi connectivity index (χ4v) is 3.16. The van der Waals surface area contributed by atoms with Crippen molar-refractivity contribution in [3.63, 3.8) is 0 Å². The molecule has 0 unspecified atom stereocenters. The van der Waals surface area contributed by atoms with Crippen LogP contribution in [0.1, 0.15) is 23.2 Å². The van der Waals surface area contributed by atoms with Crippen LogP contribution in [0.15, 0.2) is 29.2 Å². The van der Waals surface area contributed by atoms with Crippen LogP contribution < -0.4 is 10.0 Å². The average molecular weight is 342 g/mol. The Morgan fingerprint density at radius 3 is 2.39 bits per heavy atom. The van der Waals surface area contributed by atoms with Crippen LogP contribution in [-0.2, 0) is 19.6 Å². The molecule has 0 spiro atoms. The number of benzene rings is 1. The van der Waals surface area contributed by atoms with Crippen molar-refractivity contribution in [3.8, 4) is 0 Å². The zero-order chi connectivity index (χ0) is 17.0. The number of hydrogen-bond acceptors (Lipinski definition) is 5. The zero-order valence-corrected chi connectivity index (χ0v) is 13.3. The van der Waals surface area contributed by atoms with Crippen LogP contribution in [0, 0.1) is 0 Å². The molecule has 0 atom stereocenters. The molecule has 1 fully saturated rings. The Morgan fingerprint density at radius 2 is 1.87 bits per heavy atom. The van der Waals surface area contributed by atoms with Crippen molar-refractivity contribution in [1.29, 1.82) is 0 Å². The number of amides is 1. The first-order valence-electron chi connectivity index (χ1n) is 6.97. The monoisotopic (exact) mass is 342 g/mol. The number of methoxy groups -OCH3 is 1. The minimum absolute atomic E-state index is 0.00630. The molecule has 1 saturated carbocycles. The highest BCUT2D eigenvalue weighted by molar-refractivity contribution is 7.89. The summed E-state index contributed by atoms with van der Waals surface area (Å²) in [6.07, 6.45) is 1.57. The van der Waals surface area contributed by atoms with Crippen molar-refractivity contribution in [2.75, 3.05) is 13.7 Å². The molecule has 0 radical (unpaired) electrons. The highest BCUT2D eigenvalue weighted by atomic mass is 32.2. The van der Waals surface area contributed by atoms with Crippen molar-refractivity contribution in [2.45, 2.75) is 29.9 Å². The van der Waals surface area contributed by atoms with Gasteiger partial charge in [-0.2, -0.15) is 0 Å². The largest absolute Gasteiger partial charge is 0.478 e. The predicted octanol–water partition coefficient (Wildman–Crippen LogP) is -0.0433. The van der Waals surface area contributed by atoms with Gasteiger partial charge in [0.2, 0.25) is 15.9 Å². The second kappa shape index (κ2) is 7.07. The number of carbonyl (C=O) groups is 2. The van der Waals surface area contributed by atoms with E-state index in [4.69, 9.17) is 9.84 Å². The van der Waals surface area contributed by atoms with Gasteiger partial charge in [-0.3, -0.25) is 4.79 Å². The van der Waals surface area contributed by atoms with Crippen LogP contribution in [0.3, 0.4) is 0 Å².